The molecule has 0 aliphatic rings. The van der Waals surface area contributed by atoms with Crippen LogP contribution in [0.5, 0.6) is 0 Å². The fraction of sp³-hybridized carbons (Fsp3) is 0.462. The van der Waals surface area contributed by atoms with Crippen molar-refractivity contribution in [3.05, 3.63) is 34.9 Å². The summed E-state index contributed by atoms with van der Waals surface area (Å²) in [5.41, 5.74) is 1.09. The summed E-state index contributed by atoms with van der Waals surface area (Å²) in [6.07, 6.45) is 2.79. The Balaban J connectivity index is 2.50. The van der Waals surface area contributed by atoms with Gasteiger partial charge < -0.3 is 10.1 Å². The molecule has 1 unspecified atom stereocenters. The van der Waals surface area contributed by atoms with E-state index in [0.717, 1.165) is 17.7 Å². The molecule has 5 heteroatoms. The van der Waals surface area contributed by atoms with Gasteiger partial charge in [0, 0.05) is 11.6 Å². The molecule has 0 saturated heterocycles. The lowest BCUT2D eigenvalue weighted by Gasteiger charge is -2.16. The van der Waals surface area contributed by atoms with Crippen LogP contribution >= 0.6 is 23.4 Å². The van der Waals surface area contributed by atoms with Crippen molar-refractivity contribution < 1.29 is 9.53 Å². The molecule has 1 N–H and O–H groups in total. The number of ether oxygens (including phenoxy) is 1. The molecule has 0 aliphatic carbocycles. The van der Waals surface area contributed by atoms with Gasteiger partial charge in [0.2, 0.25) is 0 Å². The van der Waals surface area contributed by atoms with Gasteiger partial charge >= 0.3 is 5.97 Å². The number of benzene rings is 1. The number of nitrogens with one attached hydrogen (secondary N) is 1. The van der Waals surface area contributed by atoms with Crippen LogP contribution in [0.1, 0.15) is 12.0 Å². The van der Waals surface area contributed by atoms with Crippen molar-refractivity contribution in [3.8, 4) is 0 Å². The van der Waals surface area contributed by atoms with E-state index in [1.165, 1.54) is 7.11 Å². The summed E-state index contributed by atoms with van der Waals surface area (Å²) in [5.74, 6) is 0.714. The van der Waals surface area contributed by atoms with E-state index in [1.807, 2.05) is 30.5 Å². The minimum atomic E-state index is -0.252. The number of hydrogen-bond donors (Lipinski definition) is 1. The molecule has 1 aromatic rings. The molecule has 1 aromatic carbocycles. The van der Waals surface area contributed by atoms with Gasteiger partial charge in [-0.1, -0.05) is 23.7 Å². The Morgan fingerprint density at radius 3 is 2.67 bits per heavy atom. The van der Waals surface area contributed by atoms with Crippen molar-refractivity contribution in [2.75, 3.05) is 19.1 Å². The third-order valence-corrected chi connectivity index (χ3v) is 3.46. The highest BCUT2D eigenvalue weighted by atomic mass is 35.5. The molecule has 1 atom stereocenters. The number of carbonyl (C=O) groups is 1. The molecule has 0 heterocycles. The molecular weight excluding hydrogens is 270 g/mol. The van der Waals surface area contributed by atoms with Gasteiger partial charge in [0.15, 0.2) is 0 Å². The summed E-state index contributed by atoms with van der Waals surface area (Å²) in [6.45, 7) is 0.630. The number of rotatable bonds is 7. The first kappa shape index (κ1) is 15.3. The van der Waals surface area contributed by atoms with Crippen LogP contribution < -0.4 is 5.32 Å². The van der Waals surface area contributed by atoms with Crippen LogP contribution in [0, 0.1) is 0 Å². The molecular formula is C13H18ClNO2S. The Bertz CT molecular complexity index is 370. The smallest absolute Gasteiger partial charge is 0.322 e. The topological polar surface area (TPSA) is 38.3 Å². The van der Waals surface area contributed by atoms with E-state index in [1.54, 1.807) is 11.8 Å². The third-order valence-electron chi connectivity index (χ3n) is 2.56. The molecule has 18 heavy (non-hydrogen) atoms. The number of carbonyl (C=O) groups excluding carboxylic acids is 1. The lowest BCUT2D eigenvalue weighted by atomic mass is 10.2. The number of hydrogen-bond acceptors (Lipinski definition) is 4. The zero-order valence-corrected chi connectivity index (χ0v) is 12.2. The molecule has 0 spiro atoms. The Kier molecular flexibility index (Phi) is 7.16. The van der Waals surface area contributed by atoms with Gasteiger partial charge in [-0.05, 0) is 36.1 Å². The molecule has 0 aliphatic heterocycles. The fourth-order valence-corrected chi connectivity index (χ4v) is 2.12. The summed E-state index contributed by atoms with van der Waals surface area (Å²) in [5, 5.41) is 3.92. The predicted octanol–water partition coefficient (Wildman–Crippen LogP) is 2.72. The minimum Gasteiger partial charge on any atom is -0.468 e. The highest BCUT2D eigenvalue weighted by molar-refractivity contribution is 7.98. The van der Waals surface area contributed by atoms with Crippen LogP contribution in [0.4, 0.5) is 0 Å². The van der Waals surface area contributed by atoms with Gasteiger partial charge in [0.05, 0.1) is 7.11 Å². The van der Waals surface area contributed by atoms with Gasteiger partial charge in [-0.3, -0.25) is 4.79 Å². The van der Waals surface area contributed by atoms with Gasteiger partial charge in [0.1, 0.15) is 6.04 Å². The molecule has 1 rings (SSSR count). The van der Waals surface area contributed by atoms with Crippen molar-refractivity contribution in [1.82, 2.24) is 5.32 Å². The molecule has 0 amide bonds. The second-order valence-electron chi connectivity index (χ2n) is 3.86. The zero-order chi connectivity index (χ0) is 13.4. The van der Waals surface area contributed by atoms with Crippen molar-refractivity contribution >= 4 is 29.3 Å². The van der Waals surface area contributed by atoms with Crippen molar-refractivity contribution in [3.63, 3.8) is 0 Å². The summed E-state index contributed by atoms with van der Waals surface area (Å²) >= 11 is 7.53. The molecule has 3 nitrogen and oxygen atoms in total. The first-order valence-electron chi connectivity index (χ1n) is 5.72. The average Bonchev–Trinajstić information content (AvgIpc) is 2.40. The number of esters is 1. The second-order valence-corrected chi connectivity index (χ2v) is 5.29. The highest BCUT2D eigenvalue weighted by Crippen LogP contribution is 2.10. The van der Waals surface area contributed by atoms with Crippen LogP contribution in [0.2, 0.25) is 5.02 Å². The first-order valence-corrected chi connectivity index (χ1v) is 7.49. The highest BCUT2D eigenvalue weighted by Gasteiger charge is 2.17. The van der Waals surface area contributed by atoms with Gasteiger partial charge in [-0.2, -0.15) is 11.8 Å². The number of thioether (sulfide) groups is 1. The van der Waals surface area contributed by atoms with Crippen molar-refractivity contribution in [2.24, 2.45) is 0 Å². The lowest BCUT2D eigenvalue weighted by Crippen LogP contribution is -2.37. The van der Waals surface area contributed by atoms with Gasteiger partial charge in [0.25, 0.3) is 0 Å². The zero-order valence-electron chi connectivity index (χ0n) is 10.6. The van der Waals surface area contributed by atoms with Crippen LogP contribution in [0.15, 0.2) is 24.3 Å². The Hall–Kier alpha value is -0.710. The summed E-state index contributed by atoms with van der Waals surface area (Å²) in [6, 6.07) is 7.32. The quantitative estimate of drug-likeness (QED) is 0.783. The van der Waals surface area contributed by atoms with E-state index in [4.69, 9.17) is 16.3 Å². The Labute approximate surface area is 117 Å². The predicted molar refractivity (Wildman–Crippen MR) is 77.1 cm³/mol. The molecule has 100 valence electrons. The van der Waals surface area contributed by atoms with Crippen LogP contribution in [-0.2, 0) is 16.1 Å². The van der Waals surface area contributed by atoms with E-state index in [9.17, 15) is 4.79 Å². The maximum atomic E-state index is 11.6. The summed E-state index contributed by atoms with van der Waals surface area (Å²) < 4.78 is 4.79. The fourth-order valence-electron chi connectivity index (χ4n) is 1.52. The van der Waals surface area contributed by atoms with Crippen LogP contribution in [0.3, 0.4) is 0 Å². The van der Waals surface area contributed by atoms with E-state index in [-0.39, 0.29) is 12.0 Å². The maximum absolute atomic E-state index is 11.6. The van der Waals surface area contributed by atoms with E-state index >= 15 is 0 Å². The molecule has 0 saturated carbocycles. The second kappa shape index (κ2) is 8.40. The monoisotopic (exact) mass is 287 g/mol. The average molecular weight is 288 g/mol. The Morgan fingerprint density at radius 1 is 1.44 bits per heavy atom. The third kappa shape index (κ3) is 5.29. The van der Waals surface area contributed by atoms with E-state index < -0.39 is 0 Å². The Morgan fingerprint density at radius 2 is 2.11 bits per heavy atom. The first-order chi connectivity index (χ1) is 8.67. The standard InChI is InChI=1S/C13H18ClNO2S/c1-17-13(16)12(7-8-18-2)15-9-10-3-5-11(14)6-4-10/h3-6,12,15H,7-9H2,1-2H3. The van der Waals surface area contributed by atoms with Gasteiger partial charge in [-0.25, -0.2) is 0 Å². The normalized spacial score (nSPS) is 12.2. The van der Waals surface area contributed by atoms with Crippen molar-refractivity contribution in [1.29, 1.82) is 0 Å². The van der Waals surface area contributed by atoms with Crippen LogP contribution in [-0.4, -0.2) is 31.1 Å². The minimum absolute atomic E-state index is 0.210. The van der Waals surface area contributed by atoms with Crippen LogP contribution in [0.25, 0.3) is 0 Å². The summed E-state index contributed by atoms with van der Waals surface area (Å²) in [4.78, 5) is 11.6. The molecule has 0 radical (unpaired) electrons. The molecule has 0 bridgehead atoms. The largest absolute Gasteiger partial charge is 0.468 e. The molecule has 0 fully saturated rings. The maximum Gasteiger partial charge on any atom is 0.322 e. The lowest BCUT2D eigenvalue weighted by molar-refractivity contribution is -0.143. The number of methoxy groups -OCH3 is 1. The van der Waals surface area contributed by atoms with E-state index in [0.29, 0.717) is 11.6 Å². The number of halogens is 1. The van der Waals surface area contributed by atoms with E-state index in [2.05, 4.69) is 5.32 Å². The van der Waals surface area contributed by atoms with Crippen molar-refractivity contribution in [2.45, 2.75) is 19.0 Å². The molecule has 0 aromatic heterocycles. The summed E-state index contributed by atoms with van der Waals surface area (Å²) in [7, 11) is 1.42. The van der Waals surface area contributed by atoms with Gasteiger partial charge in [-0.15, -0.1) is 0 Å². The SMILES string of the molecule is COC(=O)C(CCSC)NCc1ccc(Cl)cc1.